The molecule has 1 fully saturated rings. The number of rotatable bonds is 4. The molecule has 5 heteroatoms. The van der Waals surface area contributed by atoms with Gasteiger partial charge in [0.2, 0.25) is 0 Å². The standard InChI is InChI=1S/C20H24Cl2N2O/c1-14-4-5-17(16-6-7-18(21)19(22)12-16)13-20(14)24-10-8-23(9-11-24)15(2)25-3/h4-7,12-13,15H,8-11H2,1-3H3. The number of anilines is 1. The van der Waals surface area contributed by atoms with Crippen molar-refractivity contribution in [3.63, 3.8) is 0 Å². The van der Waals surface area contributed by atoms with Crippen LogP contribution in [0, 0.1) is 6.92 Å². The topological polar surface area (TPSA) is 15.7 Å². The van der Waals surface area contributed by atoms with Crippen molar-refractivity contribution in [2.75, 3.05) is 38.2 Å². The number of nitrogens with zero attached hydrogens (tertiary/aromatic N) is 2. The van der Waals surface area contributed by atoms with Gasteiger partial charge in [-0.05, 0) is 48.7 Å². The van der Waals surface area contributed by atoms with E-state index in [4.69, 9.17) is 27.9 Å². The summed E-state index contributed by atoms with van der Waals surface area (Å²) in [7, 11) is 1.77. The number of hydrogen-bond donors (Lipinski definition) is 0. The minimum absolute atomic E-state index is 0.172. The summed E-state index contributed by atoms with van der Waals surface area (Å²) in [6.07, 6.45) is 0.172. The third-order valence-corrected chi connectivity index (χ3v) is 5.71. The van der Waals surface area contributed by atoms with E-state index in [9.17, 15) is 0 Å². The van der Waals surface area contributed by atoms with Gasteiger partial charge >= 0.3 is 0 Å². The molecule has 1 heterocycles. The number of methoxy groups -OCH3 is 1. The van der Waals surface area contributed by atoms with Gasteiger partial charge in [0.1, 0.15) is 6.23 Å². The summed E-state index contributed by atoms with van der Waals surface area (Å²) in [4.78, 5) is 4.82. The molecule has 0 radical (unpaired) electrons. The van der Waals surface area contributed by atoms with E-state index >= 15 is 0 Å². The Kier molecular flexibility index (Phi) is 5.90. The largest absolute Gasteiger partial charge is 0.369 e. The first-order valence-corrected chi connectivity index (χ1v) is 9.33. The summed E-state index contributed by atoms with van der Waals surface area (Å²) < 4.78 is 5.44. The summed E-state index contributed by atoms with van der Waals surface area (Å²) >= 11 is 12.2. The second kappa shape index (κ2) is 7.96. The third-order valence-electron chi connectivity index (χ3n) is 4.97. The minimum Gasteiger partial charge on any atom is -0.369 e. The lowest BCUT2D eigenvalue weighted by atomic mass is 10.0. The molecule has 1 unspecified atom stereocenters. The second-order valence-corrected chi connectivity index (χ2v) is 7.30. The van der Waals surface area contributed by atoms with E-state index in [2.05, 4.69) is 41.8 Å². The maximum atomic E-state index is 6.18. The first kappa shape index (κ1) is 18.5. The Hall–Kier alpha value is -1.26. The van der Waals surface area contributed by atoms with Gasteiger partial charge in [-0.25, -0.2) is 0 Å². The highest BCUT2D eigenvalue weighted by Crippen LogP contribution is 2.32. The number of hydrogen-bond acceptors (Lipinski definition) is 3. The summed E-state index contributed by atoms with van der Waals surface area (Å²) in [6, 6.07) is 12.4. The average Bonchev–Trinajstić information content (AvgIpc) is 2.64. The van der Waals surface area contributed by atoms with E-state index in [-0.39, 0.29) is 6.23 Å². The fourth-order valence-electron chi connectivity index (χ4n) is 3.28. The van der Waals surface area contributed by atoms with Crippen LogP contribution in [-0.4, -0.2) is 44.4 Å². The quantitative estimate of drug-likeness (QED) is 0.737. The van der Waals surface area contributed by atoms with Crippen molar-refractivity contribution in [3.8, 4) is 11.1 Å². The van der Waals surface area contributed by atoms with Gasteiger partial charge in [0.15, 0.2) is 0 Å². The minimum atomic E-state index is 0.172. The van der Waals surface area contributed by atoms with Gasteiger partial charge in [0.25, 0.3) is 0 Å². The fraction of sp³-hybridized carbons (Fsp3) is 0.400. The molecule has 3 nitrogen and oxygen atoms in total. The molecule has 0 spiro atoms. The number of benzene rings is 2. The summed E-state index contributed by atoms with van der Waals surface area (Å²) in [5.74, 6) is 0. The van der Waals surface area contributed by atoms with Crippen LogP contribution in [0.2, 0.25) is 10.0 Å². The number of ether oxygens (including phenoxy) is 1. The van der Waals surface area contributed by atoms with Gasteiger partial charge in [-0.15, -0.1) is 0 Å². The Morgan fingerprint density at radius 2 is 1.56 bits per heavy atom. The fourth-order valence-corrected chi connectivity index (χ4v) is 3.58. The lowest BCUT2D eigenvalue weighted by Crippen LogP contribution is -2.50. The monoisotopic (exact) mass is 378 g/mol. The van der Waals surface area contributed by atoms with E-state index in [0.717, 1.165) is 37.3 Å². The van der Waals surface area contributed by atoms with E-state index in [0.29, 0.717) is 10.0 Å². The van der Waals surface area contributed by atoms with Crippen LogP contribution in [0.4, 0.5) is 5.69 Å². The lowest BCUT2D eigenvalue weighted by Gasteiger charge is -2.39. The van der Waals surface area contributed by atoms with Crippen LogP contribution in [0.1, 0.15) is 12.5 Å². The molecule has 1 saturated heterocycles. The van der Waals surface area contributed by atoms with Gasteiger partial charge in [0, 0.05) is 39.0 Å². The maximum Gasteiger partial charge on any atom is 0.107 e. The highest BCUT2D eigenvalue weighted by Gasteiger charge is 2.22. The number of aryl methyl sites for hydroxylation is 1. The SMILES string of the molecule is COC(C)N1CCN(c2cc(-c3ccc(Cl)c(Cl)c3)ccc2C)CC1. The summed E-state index contributed by atoms with van der Waals surface area (Å²) in [5.41, 5.74) is 4.82. The van der Waals surface area contributed by atoms with Crippen molar-refractivity contribution in [1.29, 1.82) is 0 Å². The van der Waals surface area contributed by atoms with Crippen molar-refractivity contribution in [1.82, 2.24) is 4.90 Å². The number of halogens is 2. The molecule has 0 saturated carbocycles. The molecule has 2 aromatic carbocycles. The second-order valence-electron chi connectivity index (χ2n) is 6.49. The predicted molar refractivity (Wildman–Crippen MR) is 107 cm³/mol. The van der Waals surface area contributed by atoms with Crippen molar-refractivity contribution in [2.45, 2.75) is 20.1 Å². The molecular formula is C20H24Cl2N2O. The molecule has 2 aromatic rings. The Morgan fingerprint density at radius 3 is 2.20 bits per heavy atom. The summed E-state index contributed by atoms with van der Waals surface area (Å²) in [5, 5.41) is 1.17. The Labute approximate surface area is 160 Å². The smallest absolute Gasteiger partial charge is 0.107 e. The highest BCUT2D eigenvalue weighted by atomic mass is 35.5. The zero-order chi connectivity index (χ0) is 18.0. The summed E-state index contributed by atoms with van der Waals surface area (Å²) in [6.45, 7) is 8.28. The first-order chi connectivity index (χ1) is 12.0. The molecule has 1 aliphatic rings. The molecule has 25 heavy (non-hydrogen) atoms. The molecule has 0 aromatic heterocycles. The van der Waals surface area contributed by atoms with Gasteiger partial charge in [-0.3, -0.25) is 4.90 Å². The van der Waals surface area contributed by atoms with Crippen molar-refractivity contribution >= 4 is 28.9 Å². The molecule has 3 rings (SSSR count). The Morgan fingerprint density at radius 1 is 0.920 bits per heavy atom. The molecule has 1 aliphatic heterocycles. The van der Waals surface area contributed by atoms with E-state index < -0.39 is 0 Å². The van der Waals surface area contributed by atoms with Crippen molar-refractivity contribution in [3.05, 3.63) is 52.0 Å². The third kappa shape index (κ3) is 4.12. The highest BCUT2D eigenvalue weighted by molar-refractivity contribution is 6.42. The maximum absolute atomic E-state index is 6.18. The average molecular weight is 379 g/mol. The first-order valence-electron chi connectivity index (χ1n) is 8.57. The molecule has 134 valence electrons. The van der Waals surface area contributed by atoms with Crippen LogP contribution in [-0.2, 0) is 4.74 Å². The zero-order valence-electron chi connectivity index (χ0n) is 14.9. The zero-order valence-corrected chi connectivity index (χ0v) is 16.4. The van der Waals surface area contributed by atoms with E-state index in [1.165, 1.54) is 11.3 Å². The van der Waals surface area contributed by atoms with Crippen LogP contribution in [0.3, 0.4) is 0 Å². The molecular weight excluding hydrogens is 355 g/mol. The Bertz CT molecular complexity index is 742. The van der Waals surface area contributed by atoms with E-state index in [1.54, 1.807) is 7.11 Å². The molecule has 1 atom stereocenters. The van der Waals surface area contributed by atoms with Crippen molar-refractivity contribution in [2.24, 2.45) is 0 Å². The van der Waals surface area contributed by atoms with Gasteiger partial charge < -0.3 is 9.64 Å². The van der Waals surface area contributed by atoms with E-state index in [1.807, 2.05) is 18.2 Å². The molecule has 0 bridgehead atoms. The number of piperazine rings is 1. The Balaban J connectivity index is 1.82. The van der Waals surface area contributed by atoms with Crippen LogP contribution in [0.5, 0.6) is 0 Å². The van der Waals surface area contributed by atoms with Gasteiger partial charge in [-0.1, -0.05) is 41.4 Å². The normalized spacial score (nSPS) is 16.9. The molecule has 0 aliphatic carbocycles. The predicted octanol–water partition coefficient (Wildman–Crippen LogP) is 5.08. The van der Waals surface area contributed by atoms with Crippen LogP contribution in [0.25, 0.3) is 11.1 Å². The van der Waals surface area contributed by atoms with Gasteiger partial charge in [0.05, 0.1) is 10.0 Å². The van der Waals surface area contributed by atoms with Gasteiger partial charge in [-0.2, -0.15) is 0 Å². The van der Waals surface area contributed by atoms with Crippen LogP contribution < -0.4 is 4.90 Å². The molecule has 0 amide bonds. The molecule has 0 N–H and O–H groups in total. The van der Waals surface area contributed by atoms with Crippen LogP contribution >= 0.6 is 23.2 Å². The lowest BCUT2D eigenvalue weighted by molar-refractivity contribution is -0.0212. The van der Waals surface area contributed by atoms with Crippen LogP contribution in [0.15, 0.2) is 36.4 Å². The van der Waals surface area contributed by atoms with Crippen molar-refractivity contribution < 1.29 is 4.74 Å².